The molecule has 1 aromatic rings. The molecule has 0 aliphatic rings. The van der Waals surface area contributed by atoms with Gasteiger partial charge in [-0.1, -0.05) is 6.07 Å². The van der Waals surface area contributed by atoms with E-state index in [2.05, 4.69) is 30.9 Å². The molecule has 0 unspecified atom stereocenters. The minimum atomic E-state index is 0.210. The van der Waals surface area contributed by atoms with Crippen LogP contribution in [0.15, 0.2) is 12.1 Å². The molecule has 0 aromatic heterocycles. The number of hydrogen-bond acceptors (Lipinski definition) is 2. The van der Waals surface area contributed by atoms with Gasteiger partial charge in [0.25, 0.3) is 0 Å². The van der Waals surface area contributed by atoms with Gasteiger partial charge in [-0.05, 0) is 43.5 Å². The number of nitrogens with zero attached hydrogens (tertiary/aromatic N) is 1. The highest BCUT2D eigenvalue weighted by molar-refractivity contribution is 5.80. The van der Waals surface area contributed by atoms with E-state index in [1.165, 1.54) is 11.1 Å². The zero-order chi connectivity index (χ0) is 11.6. The van der Waals surface area contributed by atoms with Crippen LogP contribution in [0.2, 0.25) is 0 Å². The molecule has 0 fully saturated rings. The number of hydrogen-bond donors (Lipinski definition) is 0. The van der Waals surface area contributed by atoms with E-state index in [4.69, 9.17) is 0 Å². The standard InChI is InChI=1S/C13H19NO/c1-9-6-12(8-11(3)15)13(14(4)5)7-10(9)2/h6-7H,8H2,1-5H3. The second-order valence-electron chi connectivity index (χ2n) is 4.34. The van der Waals surface area contributed by atoms with Crippen LogP contribution in [0.5, 0.6) is 0 Å². The van der Waals surface area contributed by atoms with Crippen molar-refractivity contribution in [1.82, 2.24) is 0 Å². The molecule has 2 heteroatoms. The van der Waals surface area contributed by atoms with Crippen molar-refractivity contribution in [3.8, 4) is 0 Å². The van der Waals surface area contributed by atoms with Crippen molar-refractivity contribution in [2.24, 2.45) is 0 Å². The predicted octanol–water partition coefficient (Wildman–Crippen LogP) is 2.50. The highest BCUT2D eigenvalue weighted by Crippen LogP contribution is 2.23. The van der Waals surface area contributed by atoms with Crippen LogP contribution < -0.4 is 4.90 Å². The van der Waals surface area contributed by atoms with Gasteiger partial charge in [0.1, 0.15) is 5.78 Å². The van der Waals surface area contributed by atoms with Gasteiger partial charge in [-0.25, -0.2) is 0 Å². The Labute approximate surface area is 91.9 Å². The van der Waals surface area contributed by atoms with Crippen molar-refractivity contribution in [2.45, 2.75) is 27.2 Å². The largest absolute Gasteiger partial charge is 0.377 e. The first kappa shape index (κ1) is 11.8. The third-order valence-corrected chi connectivity index (χ3v) is 2.62. The molecule has 0 atom stereocenters. The summed E-state index contributed by atoms with van der Waals surface area (Å²) in [6.45, 7) is 5.81. The van der Waals surface area contributed by atoms with Gasteiger partial charge in [0.2, 0.25) is 0 Å². The van der Waals surface area contributed by atoms with E-state index < -0.39 is 0 Å². The molecule has 1 rings (SSSR count). The van der Waals surface area contributed by atoms with Gasteiger partial charge in [0.15, 0.2) is 0 Å². The smallest absolute Gasteiger partial charge is 0.134 e. The molecule has 0 aliphatic heterocycles. The monoisotopic (exact) mass is 205 g/mol. The zero-order valence-corrected chi connectivity index (χ0v) is 10.2. The quantitative estimate of drug-likeness (QED) is 0.755. The van der Waals surface area contributed by atoms with E-state index in [0.717, 1.165) is 11.3 Å². The van der Waals surface area contributed by atoms with Gasteiger partial charge in [-0.2, -0.15) is 0 Å². The van der Waals surface area contributed by atoms with Crippen LogP contribution in [0.25, 0.3) is 0 Å². The number of aryl methyl sites for hydroxylation is 2. The molecule has 0 aliphatic carbocycles. The Balaban J connectivity index is 3.21. The predicted molar refractivity (Wildman–Crippen MR) is 64.6 cm³/mol. The lowest BCUT2D eigenvalue weighted by atomic mass is 10.00. The molecule has 0 heterocycles. The molecule has 0 bridgehead atoms. The summed E-state index contributed by atoms with van der Waals surface area (Å²) < 4.78 is 0. The van der Waals surface area contributed by atoms with E-state index >= 15 is 0 Å². The van der Waals surface area contributed by atoms with Crippen LogP contribution >= 0.6 is 0 Å². The van der Waals surface area contributed by atoms with Gasteiger partial charge in [0, 0.05) is 26.2 Å². The van der Waals surface area contributed by atoms with Gasteiger partial charge in [0.05, 0.1) is 0 Å². The Morgan fingerprint density at radius 2 is 1.73 bits per heavy atom. The Morgan fingerprint density at radius 1 is 1.20 bits per heavy atom. The fourth-order valence-electron chi connectivity index (χ4n) is 1.69. The van der Waals surface area contributed by atoms with Crippen LogP contribution in [0.4, 0.5) is 5.69 Å². The van der Waals surface area contributed by atoms with Crippen molar-refractivity contribution in [1.29, 1.82) is 0 Å². The van der Waals surface area contributed by atoms with Crippen LogP contribution in [-0.2, 0) is 11.2 Å². The highest BCUT2D eigenvalue weighted by Gasteiger charge is 2.08. The minimum absolute atomic E-state index is 0.210. The van der Waals surface area contributed by atoms with E-state index in [-0.39, 0.29) is 5.78 Å². The molecule has 1 aromatic carbocycles. The summed E-state index contributed by atoms with van der Waals surface area (Å²) in [5, 5.41) is 0. The van der Waals surface area contributed by atoms with Crippen molar-refractivity contribution in [3.63, 3.8) is 0 Å². The van der Waals surface area contributed by atoms with Crippen LogP contribution in [-0.4, -0.2) is 19.9 Å². The third kappa shape index (κ3) is 2.82. The first-order valence-electron chi connectivity index (χ1n) is 5.18. The molecule has 0 N–H and O–H groups in total. The molecule has 0 amide bonds. The first-order chi connectivity index (χ1) is 6.91. The number of Topliss-reactive ketones (excluding diaryl/α,β-unsaturated/α-hetero) is 1. The molecular formula is C13H19NO. The summed E-state index contributed by atoms with van der Waals surface area (Å²) in [5.41, 5.74) is 4.78. The lowest BCUT2D eigenvalue weighted by Gasteiger charge is -2.19. The maximum atomic E-state index is 11.2. The van der Waals surface area contributed by atoms with Gasteiger partial charge >= 0.3 is 0 Å². The van der Waals surface area contributed by atoms with Crippen LogP contribution in [0, 0.1) is 13.8 Å². The van der Waals surface area contributed by atoms with Crippen LogP contribution in [0.3, 0.4) is 0 Å². The Bertz CT molecular complexity index is 380. The maximum absolute atomic E-state index is 11.2. The first-order valence-corrected chi connectivity index (χ1v) is 5.18. The summed E-state index contributed by atoms with van der Waals surface area (Å²) in [6.07, 6.45) is 0.522. The fourth-order valence-corrected chi connectivity index (χ4v) is 1.69. The summed E-state index contributed by atoms with van der Waals surface area (Å²) in [6, 6.07) is 4.26. The number of carbonyl (C=O) groups is 1. The van der Waals surface area contributed by atoms with E-state index in [1.807, 2.05) is 14.1 Å². The minimum Gasteiger partial charge on any atom is -0.377 e. The molecule has 0 spiro atoms. The number of ketones is 1. The fraction of sp³-hybridized carbons (Fsp3) is 0.462. The molecule has 82 valence electrons. The summed E-state index contributed by atoms with van der Waals surface area (Å²) >= 11 is 0. The Morgan fingerprint density at radius 3 is 2.20 bits per heavy atom. The second-order valence-corrected chi connectivity index (χ2v) is 4.34. The Kier molecular flexibility index (Phi) is 3.51. The molecule has 15 heavy (non-hydrogen) atoms. The summed E-state index contributed by atoms with van der Waals surface area (Å²) in [4.78, 5) is 13.2. The SMILES string of the molecule is CC(=O)Cc1cc(C)c(C)cc1N(C)C. The van der Waals surface area contributed by atoms with Gasteiger partial charge < -0.3 is 4.90 Å². The molecule has 0 saturated carbocycles. The Hall–Kier alpha value is -1.31. The van der Waals surface area contributed by atoms with Crippen molar-refractivity contribution >= 4 is 11.5 Å². The average molecular weight is 205 g/mol. The highest BCUT2D eigenvalue weighted by atomic mass is 16.1. The number of anilines is 1. The van der Waals surface area contributed by atoms with Gasteiger partial charge in [-0.3, -0.25) is 4.79 Å². The number of rotatable bonds is 3. The second kappa shape index (κ2) is 4.47. The van der Waals surface area contributed by atoms with Crippen molar-refractivity contribution < 1.29 is 4.79 Å². The number of carbonyl (C=O) groups excluding carboxylic acids is 1. The average Bonchev–Trinajstić information content (AvgIpc) is 2.09. The van der Waals surface area contributed by atoms with Crippen molar-refractivity contribution in [2.75, 3.05) is 19.0 Å². The zero-order valence-electron chi connectivity index (χ0n) is 10.2. The summed E-state index contributed by atoms with van der Waals surface area (Å²) in [5.74, 6) is 0.210. The normalized spacial score (nSPS) is 10.2. The van der Waals surface area contributed by atoms with E-state index in [9.17, 15) is 4.79 Å². The summed E-state index contributed by atoms with van der Waals surface area (Å²) in [7, 11) is 4.02. The third-order valence-electron chi connectivity index (χ3n) is 2.62. The number of benzene rings is 1. The maximum Gasteiger partial charge on any atom is 0.134 e. The molecular weight excluding hydrogens is 186 g/mol. The van der Waals surface area contributed by atoms with E-state index in [0.29, 0.717) is 6.42 Å². The molecule has 0 radical (unpaired) electrons. The lowest BCUT2D eigenvalue weighted by Crippen LogP contribution is -2.13. The van der Waals surface area contributed by atoms with Crippen LogP contribution in [0.1, 0.15) is 23.6 Å². The molecule has 0 saturated heterocycles. The topological polar surface area (TPSA) is 20.3 Å². The van der Waals surface area contributed by atoms with E-state index in [1.54, 1.807) is 6.92 Å². The van der Waals surface area contributed by atoms with Crippen molar-refractivity contribution in [3.05, 3.63) is 28.8 Å². The van der Waals surface area contributed by atoms with Gasteiger partial charge in [-0.15, -0.1) is 0 Å². The molecule has 2 nitrogen and oxygen atoms in total. The lowest BCUT2D eigenvalue weighted by molar-refractivity contribution is -0.116.